The maximum atomic E-state index is 13.0. The van der Waals surface area contributed by atoms with Gasteiger partial charge in [-0.1, -0.05) is 30.0 Å². The smallest absolute Gasteiger partial charge is 0.228 e. The molecule has 1 aliphatic rings. The Balaban J connectivity index is 1.40. The number of hydrogen-bond donors (Lipinski definition) is 0. The molecule has 0 aliphatic heterocycles. The first-order valence-corrected chi connectivity index (χ1v) is 10.4. The van der Waals surface area contributed by atoms with Crippen molar-refractivity contribution in [1.82, 2.24) is 15.2 Å². The molecule has 6 nitrogen and oxygen atoms in total. The third-order valence-corrected chi connectivity index (χ3v) is 6.16. The molecule has 9 heteroatoms. The predicted molar refractivity (Wildman–Crippen MR) is 102 cm³/mol. The van der Waals surface area contributed by atoms with Gasteiger partial charge in [0, 0.05) is 23.8 Å². The van der Waals surface area contributed by atoms with Crippen LogP contribution in [0.5, 0.6) is 0 Å². The van der Waals surface area contributed by atoms with E-state index < -0.39 is 0 Å². The van der Waals surface area contributed by atoms with Crippen LogP contribution in [0.25, 0.3) is 11.5 Å². The number of oxazole rings is 1. The molecular formula is C18H17FN4O2S2. The standard InChI is InChI=1S/C18H17FN4O2S2/c1-2-15(24)23(14-7-8-14)17-21-22-18(27-17)26-10-13-9-25-16(20-13)11-3-5-12(19)6-4-11/h3-6,9,14H,2,7-8,10H2,1H3. The second-order valence-corrected chi connectivity index (χ2v) is 8.32. The van der Waals surface area contributed by atoms with E-state index in [9.17, 15) is 9.18 Å². The van der Waals surface area contributed by atoms with E-state index in [1.54, 1.807) is 23.3 Å². The van der Waals surface area contributed by atoms with Crippen LogP contribution in [-0.2, 0) is 10.5 Å². The minimum Gasteiger partial charge on any atom is -0.444 e. The van der Waals surface area contributed by atoms with E-state index in [2.05, 4.69) is 15.2 Å². The first kappa shape index (κ1) is 18.1. The largest absolute Gasteiger partial charge is 0.444 e. The van der Waals surface area contributed by atoms with Crippen LogP contribution in [-0.4, -0.2) is 27.1 Å². The number of carbonyl (C=O) groups excluding carboxylic acids is 1. The van der Waals surface area contributed by atoms with Crippen LogP contribution in [0.2, 0.25) is 0 Å². The highest BCUT2D eigenvalue weighted by molar-refractivity contribution is 8.00. The topological polar surface area (TPSA) is 72.1 Å². The van der Waals surface area contributed by atoms with Crippen LogP contribution >= 0.6 is 23.1 Å². The lowest BCUT2D eigenvalue weighted by atomic mass is 10.2. The molecule has 27 heavy (non-hydrogen) atoms. The van der Waals surface area contributed by atoms with Gasteiger partial charge in [-0.25, -0.2) is 9.37 Å². The number of halogens is 1. The first-order chi connectivity index (χ1) is 13.1. The number of nitrogens with zero attached hydrogens (tertiary/aromatic N) is 4. The average Bonchev–Trinajstić information content (AvgIpc) is 3.20. The van der Waals surface area contributed by atoms with Gasteiger partial charge in [-0.2, -0.15) is 0 Å². The maximum Gasteiger partial charge on any atom is 0.228 e. The Morgan fingerprint density at radius 2 is 2.11 bits per heavy atom. The predicted octanol–water partition coefficient (Wildman–Crippen LogP) is 4.53. The summed E-state index contributed by atoms with van der Waals surface area (Å²) >= 11 is 2.92. The minimum atomic E-state index is -0.296. The highest BCUT2D eigenvalue weighted by Gasteiger charge is 2.35. The monoisotopic (exact) mass is 404 g/mol. The van der Waals surface area contributed by atoms with Gasteiger partial charge in [-0.05, 0) is 37.1 Å². The molecule has 3 aromatic rings. The fourth-order valence-corrected chi connectivity index (χ4v) is 4.37. The van der Waals surface area contributed by atoms with Crippen molar-refractivity contribution in [3.63, 3.8) is 0 Å². The van der Waals surface area contributed by atoms with Crippen LogP contribution in [0.4, 0.5) is 9.52 Å². The summed E-state index contributed by atoms with van der Waals surface area (Å²) in [7, 11) is 0. The van der Waals surface area contributed by atoms with Crippen molar-refractivity contribution in [3.05, 3.63) is 42.0 Å². The van der Waals surface area contributed by atoms with Crippen LogP contribution < -0.4 is 4.90 Å². The molecule has 0 saturated heterocycles. The molecule has 2 heterocycles. The summed E-state index contributed by atoms with van der Waals surface area (Å²) in [5.74, 6) is 0.822. The van der Waals surface area contributed by atoms with E-state index in [0.717, 1.165) is 28.4 Å². The van der Waals surface area contributed by atoms with Crippen molar-refractivity contribution in [1.29, 1.82) is 0 Å². The Morgan fingerprint density at radius 1 is 1.33 bits per heavy atom. The van der Waals surface area contributed by atoms with Gasteiger partial charge in [0.15, 0.2) is 4.34 Å². The average molecular weight is 404 g/mol. The van der Waals surface area contributed by atoms with Gasteiger partial charge >= 0.3 is 0 Å². The SMILES string of the molecule is CCC(=O)N(c1nnc(SCc2coc(-c3ccc(F)cc3)n2)s1)C1CC1. The van der Waals surface area contributed by atoms with Crippen molar-refractivity contribution in [2.75, 3.05) is 4.90 Å². The van der Waals surface area contributed by atoms with Crippen molar-refractivity contribution >= 4 is 34.1 Å². The van der Waals surface area contributed by atoms with Crippen molar-refractivity contribution in [2.45, 2.75) is 42.3 Å². The molecule has 0 radical (unpaired) electrons. The maximum absolute atomic E-state index is 13.0. The molecule has 4 rings (SSSR count). The fourth-order valence-electron chi connectivity index (χ4n) is 2.56. The second kappa shape index (κ2) is 7.77. The molecule has 1 saturated carbocycles. The highest BCUT2D eigenvalue weighted by atomic mass is 32.2. The molecule has 0 bridgehead atoms. The zero-order valence-electron chi connectivity index (χ0n) is 14.6. The molecular weight excluding hydrogens is 387 g/mol. The van der Waals surface area contributed by atoms with Gasteiger partial charge in [0.05, 0.1) is 5.69 Å². The van der Waals surface area contributed by atoms with Gasteiger partial charge in [0.2, 0.25) is 16.9 Å². The summed E-state index contributed by atoms with van der Waals surface area (Å²) in [6, 6.07) is 6.29. The number of rotatable bonds is 7. The molecule has 2 aromatic heterocycles. The summed E-state index contributed by atoms with van der Waals surface area (Å²) in [4.78, 5) is 18.4. The Bertz CT molecular complexity index is 937. The summed E-state index contributed by atoms with van der Waals surface area (Å²) in [5, 5.41) is 9.05. The molecule has 1 amide bonds. The molecule has 0 N–H and O–H groups in total. The molecule has 1 aliphatic carbocycles. The highest BCUT2D eigenvalue weighted by Crippen LogP contribution is 2.37. The van der Waals surface area contributed by atoms with Gasteiger partial charge in [-0.3, -0.25) is 9.69 Å². The summed E-state index contributed by atoms with van der Waals surface area (Å²) in [5.41, 5.74) is 1.49. The van der Waals surface area contributed by atoms with E-state index in [1.807, 2.05) is 6.92 Å². The van der Waals surface area contributed by atoms with Crippen LogP contribution in [0.15, 0.2) is 39.3 Å². The minimum absolute atomic E-state index is 0.0886. The molecule has 140 valence electrons. The lowest BCUT2D eigenvalue weighted by Gasteiger charge is -2.17. The number of aromatic nitrogens is 3. The van der Waals surface area contributed by atoms with Crippen molar-refractivity contribution in [3.8, 4) is 11.5 Å². The van der Waals surface area contributed by atoms with E-state index >= 15 is 0 Å². The molecule has 0 spiro atoms. The van der Waals surface area contributed by atoms with Crippen LogP contribution in [0.1, 0.15) is 31.9 Å². The van der Waals surface area contributed by atoms with Crippen LogP contribution in [0, 0.1) is 5.82 Å². The Kier molecular flexibility index (Phi) is 5.22. The van der Waals surface area contributed by atoms with Gasteiger partial charge in [-0.15, -0.1) is 10.2 Å². The molecule has 0 unspecified atom stereocenters. The first-order valence-electron chi connectivity index (χ1n) is 8.62. The molecule has 1 fully saturated rings. The lowest BCUT2D eigenvalue weighted by molar-refractivity contribution is -0.118. The van der Waals surface area contributed by atoms with E-state index in [4.69, 9.17) is 4.42 Å². The zero-order valence-corrected chi connectivity index (χ0v) is 16.2. The lowest BCUT2D eigenvalue weighted by Crippen LogP contribution is -2.32. The Morgan fingerprint density at radius 3 is 2.81 bits per heavy atom. The van der Waals surface area contributed by atoms with E-state index in [1.165, 1.54) is 35.2 Å². The number of benzene rings is 1. The Labute approximate surface area is 163 Å². The third-order valence-electron chi connectivity index (χ3n) is 4.07. The number of anilines is 1. The molecule has 0 atom stereocenters. The number of carbonyl (C=O) groups is 1. The Hall–Kier alpha value is -2.26. The summed E-state index contributed by atoms with van der Waals surface area (Å²) in [6.45, 7) is 1.86. The third kappa shape index (κ3) is 4.19. The fraction of sp³-hybridized carbons (Fsp3) is 0.333. The number of thioether (sulfide) groups is 1. The van der Waals surface area contributed by atoms with Gasteiger partial charge < -0.3 is 4.42 Å². The van der Waals surface area contributed by atoms with E-state index in [-0.39, 0.29) is 17.8 Å². The summed E-state index contributed by atoms with van der Waals surface area (Å²) < 4.78 is 19.3. The summed E-state index contributed by atoms with van der Waals surface area (Å²) in [6.07, 6.45) is 4.10. The number of amides is 1. The molecule has 1 aromatic carbocycles. The van der Waals surface area contributed by atoms with Gasteiger partial charge in [0.25, 0.3) is 0 Å². The van der Waals surface area contributed by atoms with E-state index in [0.29, 0.717) is 23.2 Å². The second-order valence-electron chi connectivity index (χ2n) is 6.14. The number of hydrogen-bond acceptors (Lipinski definition) is 7. The zero-order chi connectivity index (χ0) is 18.8. The quantitative estimate of drug-likeness (QED) is 0.426. The van der Waals surface area contributed by atoms with Crippen molar-refractivity contribution < 1.29 is 13.6 Å². The van der Waals surface area contributed by atoms with Crippen molar-refractivity contribution in [2.24, 2.45) is 0 Å². The normalized spacial score (nSPS) is 13.7. The van der Waals surface area contributed by atoms with Crippen LogP contribution in [0.3, 0.4) is 0 Å². The van der Waals surface area contributed by atoms with Gasteiger partial charge in [0.1, 0.15) is 12.1 Å².